The highest BCUT2D eigenvalue weighted by Gasteiger charge is 2.13. The second kappa shape index (κ2) is 5.67. The van der Waals surface area contributed by atoms with Crippen LogP contribution >= 0.6 is 15.9 Å². The van der Waals surface area contributed by atoms with Gasteiger partial charge in [-0.1, -0.05) is 65.9 Å². The van der Waals surface area contributed by atoms with Crippen molar-refractivity contribution in [3.63, 3.8) is 0 Å². The Morgan fingerprint density at radius 2 is 2.06 bits per heavy atom. The molecule has 0 saturated heterocycles. The molecule has 86 valence electrons. The maximum absolute atomic E-state index is 3.62. The molecule has 0 bridgehead atoms. The number of halogens is 1. The molecule has 0 aliphatic heterocycles. The van der Waals surface area contributed by atoms with E-state index in [4.69, 9.17) is 0 Å². The zero-order valence-corrected chi connectivity index (χ0v) is 11.5. The summed E-state index contributed by atoms with van der Waals surface area (Å²) in [6.07, 6.45) is 10.3. The van der Waals surface area contributed by atoms with Crippen LogP contribution in [0.3, 0.4) is 0 Å². The van der Waals surface area contributed by atoms with E-state index in [2.05, 4.69) is 47.1 Å². The lowest BCUT2D eigenvalue weighted by atomic mass is 10.0. The first-order valence-electron chi connectivity index (χ1n) is 6.28. The van der Waals surface area contributed by atoms with E-state index in [1.807, 2.05) is 0 Å². The lowest BCUT2D eigenvalue weighted by molar-refractivity contribution is 0.662. The van der Waals surface area contributed by atoms with Crippen LogP contribution in [0.1, 0.15) is 50.2 Å². The first-order chi connectivity index (χ1) is 7.81. The van der Waals surface area contributed by atoms with Crippen LogP contribution in [0.4, 0.5) is 0 Å². The fraction of sp³-hybridized carbons (Fsp3) is 0.467. The third-order valence-electron chi connectivity index (χ3n) is 3.26. The molecule has 0 nitrogen and oxygen atoms in total. The van der Waals surface area contributed by atoms with Gasteiger partial charge in [0.1, 0.15) is 0 Å². The van der Waals surface area contributed by atoms with E-state index >= 15 is 0 Å². The summed E-state index contributed by atoms with van der Waals surface area (Å²) in [6, 6.07) is 6.52. The Bertz CT molecular complexity index is 390. The minimum absolute atomic E-state index is 1.17. The van der Waals surface area contributed by atoms with E-state index in [-0.39, 0.29) is 0 Å². The Kier molecular flexibility index (Phi) is 4.22. The molecule has 0 spiro atoms. The number of fused-ring (bicyclic) bond motifs is 1. The number of hydrogen-bond donors (Lipinski definition) is 0. The average Bonchev–Trinajstić information content (AvgIpc) is 2.69. The van der Waals surface area contributed by atoms with Gasteiger partial charge < -0.3 is 0 Å². The number of rotatable bonds is 5. The van der Waals surface area contributed by atoms with E-state index in [0.717, 1.165) is 0 Å². The van der Waals surface area contributed by atoms with Crippen LogP contribution in [0.25, 0.3) is 6.08 Å². The van der Waals surface area contributed by atoms with Crippen LogP contribution in [0.15, 0.2) is 28.2 Å². The Morgan fingerprint density at radius 1 is 1.19 bits per heavy atom. The number of unbranched alkanes of at least 4 members (excludes halogenated alkanes) is 3. The largest absolute Gasteiger partial charge is 0.0654 e. The summed E-state index contributed by atoms with van der Waals surface area (Å²) in [6.45, 7) is 2.27. The molecule has 16 heavy (non-hydrogen) atoms. The first-order valence-corrected chi connectivity index (χ1v) is 7.07. The summed E-state index contributed by atoms with van der Waals surface area (Å²) in [7, 11) is 0. The monoisotopic (exact) mass is 278 g/mol. The Hall–Kier alpha value is -0.560. The van der Waals surface area contributed by atoms with Crippen molar-refractivity contribution in [3.8, 4) is 0 Å². The van der Waals surface area contributed by atoms with Gasteiger partial charge >= 0.3 is 0 Å². The number of allylic oxidation sites excluding steroid dienone is 1. The molecule has 1 aliphatic rings. The van der Waals surface area contributed by atoms with Crippen molar-refractivity contribution in [1.82, 2.24) is 0 Å². The predicted molar refractivity (Wildman–Crippen MR) is 74.6 cm³/mol. The normalized spacial score (nSPS) is 13.8. The van der Waals surface area contributed by atoms with Crippen LogP contribution in [-0.2, 0) is 6.42 Å². The van der Waals surface area contributed by atoms with Crippen molar-refractivity contribution in [1.29, 1.82) is 0 Å². The van der Waals surface area contributed by atoms with E-state index in [1.54, 1.807) is 5.57 Å². The van der Waals surface area contributed by atoms with Crippen molar-refractivity contribution in [2.24, 2.45) is 0 Å². The molecule has 2 rings (SSSR count). The van der Waals surface area contributed by atoms with Gasteiger partial charge in [0.05, 0.1) is 0 Å². The van der Waals surface area contributed by atoms with Gasteiger partial charge in [-0.25, -0.2) is 0 Å². The third-order valence-corrected chi connectivity index (χ3v) is 3.95. The summed E-state index contributed by atoms with van der Waals surface area (Å²) >= 11 is 3.62. The zero-order valence-electron chi connectivity index (χ0n) is 9.93. The maximum atomic E-state index is 3.62. The fourth-order valence-corrected chi connectivity index (χ4v) is 2.86. The molecule has 0 atom stereocenters. The maximum Gasteiger partial charge on any atom is 0.0250 e. The molecule has 1 heteroatoms. The predicted octanol–water partition coefficient (Wildman–Crippen LogP) is 5.36. The number of hydrogen-bond acceptors (Lipinski definition) is 0. The summed E-state index contributed by atoms with van der Waals surface area (Å²) in [5.74, 6) is 0. The molecule has 0 unspecified atom stereocenters. The van der Waals surface area contributed by atoms with Crippen LogP contribution in [0.2, 0.25) is 0 Å². The van der Waals surface area contributed by atoms with Crippen molar-refractivity contribution in [3.05, 3.63) is 39.4 Å². The molecule has 0 N–H and O–H groups in total. The Labute approximate surface area is 107 Å². The zero-order chi connectivity index (χ0) is 11.4. The van der Waals surface area contributed by atoms with E-state index in [9.17, 15) is 0 Å². The van der Waals surface area contributed by atoms with Gasteiger partial charge in [-0.15, -0.1) is 0 Å². The Morgan fingerprint density at radius 3 is 2.81 bits per heavy atom. The van der Waals surface area contributed by atoms with E-state index in [0.29, 0.717) is 0 Å². The number of benzene rings is 1. The smallest absolute Gasteiger partial charge is 0.0250 e. The molecular formula is C15H19Br. The molecule has 0 heterocycles. The van der Waals surface area contributed by atoms with E-state index in [1.165, 1.54) is 54.1 Å². The van der Waals surface area contributed by atoms with Crippen molar-refractivity contribution in [2.45, 2.75) is 45.4 Å². The summed E-state index contributed by atoms with van der Waals surface area (Å²) < 4.78 is 1.24. The van der Waals surface area contributed by atoms with Crippen LogP contribution in [0.5, 0.6) is 0 Å². The van der Waals surface area contributed by atoms with Gasteiger partial charge in [-0.05, 0) is 36.5 Å². The van der Waals surface area contributed by atoms with Crippen LogP contribution in [-0.4, -0.2) is 0 Å². The lowest BCUT2D eigenvalue weighted by Crippen LogP contribution is -1.86. The van der Waals surface area contributed by atoms with Crippen LogP contribution < -0.4 is 0 Å². The molecule has 0 aromatic heterocycles. The quantitative estimate of drug-likeness (QED) is 0.636. The molecule has 0 saturated carbocycles. The van der Waals surface area contributed by atoms with Gasteiger partial charge in [-0.3, -0.25) is 0 Å². The molecule has 0 radical (unpaired) electrons. The summed E-state index contributed by atoms with van der Waals surface area (Å²) in [5, 5.41) is 0. The molecule has 1 aromatic rings. The van der Waals surface area contributed by atoms with Gasteiger partial charge in [0.25, 0.3) is 0 Å². The van der Waals surface area contributed by atoms with Crippen LogP contribution in [0, 0.1) is 0 Å². The second-order valence-corrected chi connectivity index (χ2v) is 5.46. The minimum Gasteiger partial charge on any atom is -0.0654 e. The summed E-state index contributed by atoms with van der Waals surface area (Å²) in [4.78, 5) is 0. The van der Waals surface area contributed by atoms with Gasteiger partial charge in [0, 0.05) is 4.47 Å². The second-order valence-electron chi connectivity index (χ2n) is 4.60. The fourth-order valence-electron chi connectivity index (χ4n) is 2.34. The topological polar surface area (TPSA) is 0 Å². The highest BCUT2D eigenvalue weighted by molar-refractivity contribution is 9.10. The van der Waals surface area contributed by atoms with Gasteiger partial charge in [-0.2, -0.15) is 0 Å². The molecular weight excluding hydrogens is 260 g/mol. The Balaban J connectivity index is 1.92. The van der Waals surface area contributed by atoms with Crippen molar-refractivity contribution in [2.75, 3.05) is 0 Å². The van der Waals surface area contributed by atoms with Crippen molar-refractivity contribution >= 4 is 22.0 Å². The first kappa shape index (κ1) is 11.9. The molecule has 1 aromatic carbocycles. The summed E-state index contributed by atoms with van der Waals surface area (Å²) in [5.41, 5.74) is 4.51. The standard InChI is InChI=1S/C15H19Br/c1-2-3-4-5-7-12-10-13-8-6-9-15(16)14(13)11-12/h6,8-9,11H,2-5,7,10H2,1H3. The molecule has 0 amide bonds. The van der Waals surface area contributed by atoms with Gasteiger partial charge in [0.15, 0.2) is 0 Å². The highest BCUT2D eigenvalue weighted by atomic mass is 79.9. The lowest BCUT2D eigenvalue weighted by Gasteiger charge is -2.01. The third kappa shape index (κ3) is 2.76. The molecule has 0 fully saturated rings. The molecule has 1 aliphatic carbocycles. The highest BCUT2D eigenvalue weighted by Crippen LogP contribution is 2.32. The van der Waals surface area contributed by atoms with Crippen molar-refractivity contribution < 1.29 is 0 Å². The van der Waals surface area contributed by atoms with E-state index < -0.39 is 0 Å². The SMILES string of the molecule is CCCCCCC1=Cc2c(Br)cccc2C1. The minimum atomic E-state index is 1.17. The average molecular weight is 279 g/mol. The van der Waals surface area contributed by atoms with Gasteiger partial charge in [0.2, 0.25) is 0 Å².